The van der Waals surface area contributed by atoms with Gasteiger partial charge in [0, 0.05) is 17.6 Å². The number of thioether (sulfide) groups is 1. The van der Waals surface area contributed by atoms with Gasteiger partial charge in [-0.1, -0.05) is 0 Å². The van der Waals surface area contributed by atoms with Gasteiger partial charge in [-0.3, -0.25) is 4.79 Å². The van der Waals surface area contributed by atoms with Gasteiger partial charge >= 0.3 is 0 Å². The molecule has 0 unspecified atom stereocenters. The first-order valence-corrected chi connectivity index (χ1v) is 5.21. The highest BCUT2D eigenvalue weighted by Crippen LogP contribution is 2.33. The number of carbonyl (C=O) groups excluding carboxylic acids is 1. The highest BCUT2D eigenvalue weighted by molar-refractivity contribution is 8.00. The second-order valence-electron chi connectivity index (χ2n) is 2.92. The molecular formula is C10H10O3S. The molecule has 0 N–H and O–H groups in total. The molecule has 0 saturated carbocycles. The van der Waals surface area contributed by atoms with Crippen LogP contribution < -0.4 is 4.74 Å². The largest absolute Gasteiger partial charge is 0.468 e. The molecular weight excluding hydrogens is 200 g/mol. The molecule has 3 nitrogen and oxygen atoms in total. The Balaban J connectivity index is 2.19. The van der Waals surface area contributed by atoms with Gasteiger partial charge in [-0.2, -0.15) is 0 Å². The number of carbonyl (C=O) groups is 1. The van der Waals surface area contributed by atoms with Crippen LogP contribution in [-0.2, 0) is 4.74 Å². The first kappa shape index (κ1) is 9.55. The highest BCUT2D eigenvalue weighted by atomic mass is 32.2. The molecule has 0 fully saturated rings. The smallest absolute Gasteiger partial charge is 0.188 e. The standard InChI is InChI=1S/C10H10O3S/c1-12-6-13-7-2-3-8-9(11)5-14-10(8)4-7/h2-4H,5-6H2,1H3. The molecule has 2 rings (SSSR count). The summed E-state index contributed by atoms with van der Waals surface area (Å²) in [7, 11) is 1.58. The molecule has 1 heterocycles. The second-order valence-corrected chi connectivity index (χ2v) is 3.94. The van der Waals surface area contributed by atoms with Crippen LogP contribution in [0.2, 0.25) is 0 Å². The van der Waals surface area contributed by atoms with E-state index in [0.29, 0.717) is 5.75 Å². The molecule has 0 aromatic heterocycles. The monoisotopic (exact) mass is 210 g/mol. The minimum atomic E-state index is 0.197. The number of fused-ring (bicyclic) bond motifs is 1. The number of benzene rings is 1. The Hall–Kier alpha value is -1.00. The SMILES string of the molecule is COCOc1ccc2c(c1)SCC2=O. The van der Waals surface area contributed by atoms with Gasteiger partial charge in [0.1, 0.15) is 5.75 Å². The normalized spacial score (nSPS) is 14.2. The third kappa shape index (κ3) is 1.76. The molecule has 0 amide bonds. The molecule has 0 saturated heterocycles. The summed E-state index contributed by atoms with van der Waals surface area (Å²) >= 11 is 1.55. The lowest BCUT2D eigenvalue weighted by atomic mass is 10.1. The van der Waals surface area contributed by atoms with Crippen LogP contribution in [0, 0.1) is 0 Å². The van der Waals surface area contributed by atoms with E-state index in [1.54, 1.807) is 24.9 Å². The number of ketones is 1. The fraction of sp³-hybridized carbons (Fsp3) is 0.300. The van der Waals surface area contributed by atoms with Crippen molar-refractivity contribution in [1.82, 2.24) is 0 Å². The Morgan fingerprint density at radius 3 is 3.14 bits per heavy atom. The summed E-state index contributed by atoms with van der Waals surface area (Å²) < 4.78 is 10.1. The molecule has 0 spiro atoms. The zero-order valence-corrected chi connectivity index (χ0v) is 8.60. The van der Waals surface area contributed by atoms with Gasteiger partial charge in [-0.05, 0) is 18.2 Å². The summed E-state index contributed by atoms with van der Waals surface area (Å²) in [6.45, 7) is 0.234. The zero-order chi connectivity index (χ0) is 9.97. The molecule has 4 heteroatoms. The Kier molecular flexibility index (Phi) is 2.74. The first-order valence-electron chi connectivity index (χ1n) is 4.23. The molecule has 0 aliphatic carbocycles. The average molecular weight is 210 g/mol. The predicted molar refractivity (Wildman–Crippen MR) is 54.0 cm³/mol. The Bertz CT molecular complexity index is 362. The first-order chi connectivity index (χ1) is 6.81. The summed E-state index contributed by atoms with van der Waals surface area (Å²) in [5.74, 6) is 1.49. The van der Waals surface area contributed by atoms with E-state index in [1.807, 2.05) is 12.1 Å². The fourth-order valence-electron chi connectivity index (χ4n) is 1.29. The van der Waals surface area contributed by atoms with Crippen LogP contribution in [0.25, 0.3) is 0 Å². The highest BCUT2D eigenvalue weighted by Gasteiger charge is 2.20. The van der Waals surface area contributed by atoms with E-state index in [0.717, 1.165) is 16.2 Å². The molecule has 1 aliphatic heterocycles. The second kappa shape index (κ2) is 4.02. The lowest BCUT2D eigenvalue weighted by Crippen LogP contribution is -1.99. The van der Waals surface area contributed by atoms with E-state index >= 15 is 0 Å². The van der Waals surface area contributed by atoms with Crippen LogP contribution in [0.3, 0.4) is 0 Å². The van der Waals surface area contributed by atoms with Crippen molar-refractivity contribution >= 4 is 17.5 Å². The maximum absolute atomic E-state index is 11.3. The van der Waals surface area contributed by atoms with Gasteiger partial charge in [0.25, 0.3) is 0 Å². The van der Waals surface area contributed by atoms with Gasteiger partial charge < -0.3 is 9.47 Å². The molecule has 74 valence electrons. The third-order valence-electron chi connectivity index (χ3n) is 1.96. The lowest BCUT2D eigenvalue weighted by molar-refractivity contribution is 0.0509. The van der Waals surface area contributed by atoms with Crippen LogP contribution in [0.5, 0.6) is 5.75 Å². The number of methoxy groups -OCH3 is 1. The van der Waals surface area contributed by atoms with Crippen molar-refractivity contribution in [2.75, 3.05) is 19.7 Å². The molecule has 1 aromatic rings. The van der Waals surface area contributed by atoms with Gasteiger partial charge in [-0.15, -0.1) is 11.8 Å². The molecule has 1 aliphatic rings. The van der Waals surface area contributed by atoms with E-state index in [4.69, 9.17) is 9.47 Å². The molecule has 1 aromatic carbocycles. The van der Waals surface area contributed by atoms with Crippen molar-refractivity contribution in [2.24, 2.45) is 0 Å². The minimum absolute atomic E-state index is 0.197. The van der Waals surface area contributed by atoms with Gasteiger partial charge in [0.2, 0.25) is 0 Å². The van der Waals surface area contributed by atoms with Crippen LogP contribution in [-0.4, -0.2) is 25.4 Å². The van der Waals surface area contributed by atoms with Gasteiger partial charge in [-0.25, -0.2) is 0 Å². The number of hydrogen-bond acceptors (Lipinski definition) is 4. The predicted octanol–water partition coefficient (Wildman–Crippen LogP) is 1.96. The molecule has 0 bridgehead atoms. The number of rotatable bonds is 3. The summed E-state index contributed by atoms with van der Waals surface area (Å²) in [5, 5.41) is 0. The van der Waals surface area contributed by atoms with E-state index in [2.05, 4.69) is 0 Å². The van der Waals surface area contributed by atoms with E-state index < -0.39 is 0 Å². The maximum atomic E-state index is 11.3. The van der Waals surface area contributed by atoms with Crippen molar-refractivity contribution in [1.29, 1.82) is 0 Å². The Morgan fingerprint density at radius 2 is 2.36 bits per heavy atom. The zero-order valence-electron chi connectivity index (χ0n) is 7.78. The minimum Gasteiger partial charge on any atom is -0.468 e. The summed E-state index contributed by atoms with van der Waals surface area (Å²) in [5.41, 5.74) is 0.805. The fourth-order valence-corrected chi connectivity index (χ4v) is 2.27. The summed E-state index contributed by atoms with van der Waals surface area (Å²) in [6.07, 6.45) is 0. The van der Waals surface area contributed by atoms with Crippen LogP contribution in [0.1, 0.15) is 10.4 Å². The van der Waals surface area contributed by atoms with E-state index in [-0.39, 0.29) is 12.6 Å². The maximum Gasteiger partial charge on any atom is 0.188 e. The van der Waals surface area contributed by atoms with E-state index in [9.17, 15) is 4.79 Å². The summed E-state index contributed by atoms with van der Waals surface area (Å²) in [4.78, 5) is 12.3. The number of hydrogen-bond donors (Lipinski definition) is 0. The molecule has 0 atom stereocenters. The third-order valence-corrected chi connectivity index (χ3v) is 3.01. The van der Waals surface area contributed by atoms with Gasteiger partial charge in [0.05, 0.1) is 5.75 Å². The van der Waals surface area contributed by atoms with Crippen molar-refractivity contribution in [3.63, 3.8) is 0 Å². The number of Topliss-reactive ketones (excluding diaryl/α,β-unsaturated/α-hetero) is 1. The van der Waals surface area contributed by atoms with E-state index in [1.165, 1.54) is 0 Å². The topological polar surface area (TPSA) is 35.5 Å². The number of ether oxygens (including phenoxy) is 2. The lowest BCUT2D eigenvalue weighted by Gasteiger charge is -2.05. The average Bonchev–Trinajstić information content (AvgIpc) is 2.57. The molecule has 0 radical (unpaired) electrons. The van der Waals surface area contributed by atoms with Crippen molar-refractivity contribution in [3.05, 3.63) is 23.8 Å². The molecule has 14 heavy (non-hydrogen) atoms. The van der Waals surface area contributed by atoms with Crippen LogP contribution in [0.15, 0.2) is 23.1 Å². The quantitative estimate of drug-likeness (QED) is 0.714. The van der Waals surface area contributed by atoms with Crippen LogP contribution >= 0.6 is 11.8 Å². The van der Waals surface area contributed by atoms with Crippen molar-refractivity contribution < 1.29 is 14.3 Å². The Morgan fingerprint density at radius 1 is 1.50 bits per heavy atom. The summed E-state index contributed by atoms with van der Waals surface area (Å²) in [6, 6.07) is 5.48. The van der Waals surface area contributed by atoms with Crippen molar-refractivity contribution in [3.8, 4) is 5.75 Å². The Labute approximate surface area is 86.4 Å². The van der Waals surface area contributed by atoms with Crippen LogP contribution in [0.4, 0.5) is 0 Å². The van der Waals surface area contributed by atoms with Crippen molar-refractivity contribution in [2.45, 2.75) is 4.90 Å². The van der Waals surface area contributed by atoms with Gasteiger partial charge in [0.15, 0.2) is 12.6 Å².